The maximum absolute atomic E-state index is 13.3. The van der Waals surface area contributed by atoms with Gasteiger partial charge in [-0.2, -0.15) is 4.31 Å². The van der Waals surface area contributed by atoms with Crippen LogP contribution in [0.5, 0.6) is 0 Å². The van der Waals surface area contributed by atoms with Gasteiger partial charge in [-0.25, -0.2) is 8.42 Å². The third-order valence-electron chi connectivity index (χ3n) is 5.64. The minimum Gasteiger partial charge on any atom is -0.378 e. The Hall–Kier alpha value is -1.84. The Kier molecular flexibility index (Phi) is 7.27. The summed E-state index contributed by atoms with van der Waals surface area (Å²) in [6.45, 7) is 3.30. The van der Waals surface area contributed by atoms with Crippen LogP contribution in [0.25, 0.3) is 0 Å². The van der Waals surface area contributed by atoms with Crippen molar-refractivity contribution in [2.75, 3.05) is 49.6 Å². The molecular formula is C22H25Cl2N3O4S. The fourth-order valence-corrected chi connectivity index (χ4v) is 6.09. The van der Waals surface area contributed by atoms with Crippen molar-refractivity contribution in [1.82, 2.24) is 4.31 Å². The zero-order chi connectivity index (χ0) is 22.7. The van der Waals surface area contributed by atoms with Crippen molar-refractivity contribution in [1.29, 1.82) is 0 Å². The second-order valence-electron chi connectivity index (χ2n) is 7.86. The molecule has 2 aliphatic heterocycles. The van der Waals surface area contributed by atoms with Crippen molar-refractivity contribution in [3.63, 3.8) is 0 Å². The molecule has 10 heteroatoms. The molecule has 4 rings (SSSR count). The Labute approximate surface area is 198 Å². The summed E-state index contributed by atoms with van der Waals surface area (Å²) in [7, 11) is -3.68. The Balaban J connectivity index is 1.71. The summed E-state index contributed by atoms with van der Waals surface area (Å²) in [4.78, 5) is 15.4. The molecule has 2 heterocycles. The van der Waals surface area contributed by atoms with Crippen LogP contribution in [0.1, 0.15) is 29.6 Å². The number of hydrogen-bond donors (Lipinski definition) is 1. The van der Waals surface area contributed by atoms with E-state index < -0.39 is 15.9 Å². The van der Waals surface area contributed by atoms with Gasteiger partial charge in [0.2, 0.25) is 10.0 Å². The first kappa shape index (κ1) is 23.3. The summed E-state index contributed by atoms with van der Waals surface area (Å²) >= 11 is 12.1. The van der Waals surface area contributed by atoms with E-state index in [0.717, 1.165) is 19.3 Å². The Bertz CT molecular complexity index is 1080. The zero-order valence-corrected chi connectivity index (χ0v) is 19.8. The number of carbonyl (C=O) groups is 1. The summed E-state index contributed by atoms with van der Waals surface area (Å²) in [6.07, 6.45) is 2.71. The van der Waals surface area contributed by atoms with E-state index in [-0.39, 0.29) is 10.5 Å². The Morgan fingerprint density at radius 1 is 0.906 bits per heavy atom. The van der Waals surface area contributed by atoms with Crippen molar-refractivity contribution < 1.29 is 17.9 Å². The van der Waals surface area contributed by atoms with E-state index in [1.54, 1.807) is 30.3 Å². The number of carbonyl (C=O) groups excluding carboxylic acids is 1. The standard InChI is InChI=1S/C22H25Cl2N3O4S/c23-16-12-17(24)14-18(13-16)25-22(28)20-15-19(32(29,30)27-6-2-1-3-7-27)4-5-21(20)26-8-10-31-11-9-26/h4-5,12-15H,1-3,6-11H2,(H,25,28). The summed E-state index contributed by atoms with van der Waals surface area (Å²) in [5.74, 6) is -0.430. The second-order valence-corrected chi connectivity index (χ2v) is 10.7. The summed E-state index contributed by atoms with van der Waals surface area (Å²) < 4.78 is 33.4. The summed E-state index contributed by atoms with van der Waals surface area (Å²) in [5.41, 5.74) is 1.38. The molecule has 2 aromatic rings. The molecule has 0 unspecified atom stereocenters. The van der Waals surface area contributed by atoms with E-state index in [0.29, 0.717) is 60.8 Å². The minimum absolute atomic E-state index is 0.116. The average Bonchev–Trinajstić information content (AvgIpc) is 2.79. The maximum atomic E-state index is 13.3. The average molecular weight is 498 g/mol. The quantitative estimate of drug-likeness (QED) is 0.667. The molecule has 0 atom stereocenters. The van der Waals surface area contributed by atoms with Crippen LogP contribution in [-0.2, 0) is 14.8 Å². The maximum Gasteiger partial charge on any atom is 0.257 e. The lowest BCUT2D eigenvalue weighted by atomic mass is 10.1. The monoisotopic (exact) mass is 497 g/mol. The number of hydrogen-bond acceptors (Lipinski definition) is 5. The number of halogens is 2. The molecule has 2 aromatic carbocycles. The van der Waals surface area contributed by atoms with Crippen LogP contribution >= 0.6 is 23.2 Å². The third-order valence-corrected chi connectivity index (χ3v) is 7.97. The SMILES string of the molecule is O=C(Nc1cc(Cl)cc(Cl)c1)c1cc(S(=O)(=O)N2CCCCC2)ccc1N1CCOCC1. The van der Waals surface area contributed by atoms with Gasteiger partial charge in [0.05, 0.1) is 23.7 Å². The van der Waals surface area contributed by atoms with Gasteiger partial charge >= 0.3 is 0 Å². The predicted octanol–water partition coefficient (Wildman–Crippen LogP) is 4.26. The Morgan fingerprint density at radius 3 is 2.22 bits per heavy atom. The van der Waals surface area contributed by atoms with Gasteiger partial charge in [-0.1, -0.05) is 29.6 Å². The van der Waals surface area contributed by atoms with Gasteiger partial charge in [0.25, 0.3) is 5.91 Å². The van der Waals surface area contributed by atoms with Gasteiger partial charge in [-0.3, -0.25) is 4.79 Å². The van der Waals surface area contributed by atoms with Crippen LogP contribution in [0.15, 0.2) is 41.3 Å². The van der Waals surface area contributed by atoms with Crippen LogP contribution in [0.2, 0.25) is 10.0 Å². The molecule has 0 radical (unpaired) electrons. The number of anilines is 2. The molecule has 172 valence electrons. The highest BCUT2D eigenvalue weighted by Crippen LogP contribution is 2.29. The molecule has 0 bridgehead atoms. The second kappa shape index (κ2) is 9.97. The number of benzene rings is 2. The van der Waals surface area contributed by atoms with Crippen LogP contribution in [0.3, 0.4) is 0 Å². The summed E-state index contributed by atoms with van der Waals surface area (Å²) in [6, 6.07) is 9.52. The predicted molar refractivity (Wildman–Crippen MR) is 126 cm³/mol. The van der Waals surface area contributed by atoms with Gasteiger partial charge < -0.3 is 15.0 Å². The van der Waals surface area contributed by atoms with Gasteiger partial charge in [0.1, 0.15) is 0 Å². The highest BCUT2D eigenvalue weighted by Gasteiger charge is 2.28. The van der Waals surface area contributed by atoms with Crippen LogP contribution in [-0.4, -0.2) is 58.0 Å². The molecule has 32 heavy (non-hydrogen) atoms. The number of piperidine rings is 1. The van der Waals surface area contributed by atoms with E-state index in [1.165, 1.54) is 10.4 Å². The molecule has 0 spiro atoms. The smallest absolute Gasteiger partial charge is 0.257 e. The molecule has 0 aromatic heterocycles. The van der Waals surface area contributed by atoms with Crippen LogP contribution in [0.4, 0.5) is 11.4 Å². The first-order valence-electron chi connectivity index (χ1n) is 10.6. The van der Waals surface area contributed by atoms with Crippen molar-refractivity contribution in [2.24, 2.45) is 0 Å². The van der Waals surface area contributed by atoms with E-state index >= 15 is 0 Å². The van der Waals surface area contributed by atoms with E-state index in [9.17, 15) is 13.2 Å². The molecule has 2 fully saturated rings. The van der Waals surface area contributed by atoms with Crippen LogP contribution in [0, 0.1) is 0 Å². The number of nitrogens with zero attached hydrogens (tertiary/aromatic N) is 2. The van der Waals surface area contributed by atoms with E-state index in [1.807, 2.05) is 4.90 Å². The highest BCUT2D eigenvalue weighted by molar-refractivity contribution is 7.89. The molecular weight excluding hydrogens is 473 g/mol. The minimum atomic E-state index is -3.68. The van der Waals surface area contributed by atoms with Crippen molar-refractivity contribution in [3.05, 3.63) is 52.0 Å². The van der Waals surface area contributed by atoms with Crippen molar-refractivity contribution in [3.8, 4) is 0 Å². The van der Waals surface area contributed by atoms with E-state index in [2.05, 4.69) is 5.32 Å². The zero-order valence-electron chi connectivity index (χ0n) is 17.5. The van der Waals surface area contributed by atoms with Gasteiger partial charge in [0.15, 0.2) is 0 Å². The largest absolute Gasteiger partial charge is 0.378 e. The molecule has 7 nitrogen and oxygen atoms in total. The lowest BCUT2D eigenvalue weighted by Gasteiger charge is -2.31. The normalized spacial score (nSPS) is 17.9. The van der Waals surface area contributed by atoms with Crippen molar-refractivity contribution >= 4 is 50.5 Å². The van der Waals surface area contributed by atoms with Gasteiger partial charge in [0, 0.05) is 47.6 Å². The number of rotatable bonds is 5. The Morgan fingerprint density at radius 2 is 1.56 bits per heavy atom. The summed E-state index contributed by atoms with van der Waals surface area (Å²) in [5, 5.41) is 3.59. The van der Waals surface area contributed by atoms with Gasteiger partial charge in [-0.15, -0.1) is 0 Å². The molecule has 0 aliphatic carbocycles. The lowest BCUT2D eigenvalue weighted by molar-refractivity contribution is 0.102. The third kappa shape index (κ3) is 5.21. The van der Waals surface area contributed by atoms with Crippen LogP contribution < -0.4 is 10.2 Å². The van der Waals surface area contributed by atoms with Crippen molar-refractivity contribution in [2.45, 2.75) is 24.2 Å². The first-order valence-corrected chi connectivity index (χ1v) is 12.8. The fraction of sp³-hybridized carbons (Fsp3) is 0.409. The fourth-order valence-electron chi connectivity index (χ4n) is 4.02. The van der Waals surface area contributed by atoms with Gasteiger partial charge in [-0.05, 0) is 49.2 Å². The lowest BCUT2D eigenvalue weighted by Crippen LogP contribution is -2.38. The topological polar surface area (TPSA) is 79.0 Å². The number of amides is 1. The first-order chi connectivity index (χ1) is 15.3. The number of nitrogens with one attached hydrogen (secondary N) is 1. The molecule has 2 saturated heterocycles. The molecule has 0 saturated carbocycles. The molecule has 1 N–H and O–H groups in total. The highest BCUT2D eigenvalue weighted by atomic mass is 35.5. The number of morpholine rings is 1. The number of ether oxygens (including phenoxy) is 1. The van der Waals surface area contributed by atoms with E-state index in [4.69, 9.17) is 27.9 Å². The molecule has 1 amide bonds. The molecule has 2 aliphatic rings. The number of sulfonamides is 1.